The van der Waals surface area contributed by atoms with Gasteiger partial charge in [-0.2, -0.15) is 0 Å². The first-order chi connectivity index (χ1) is 11.5. The molecule has 2 aromatic carbocycles. The molecule has 25 heavy (non-hydrogen) atoms. The molecule has 0 heterocycles. The zero-order valence-electron chi connectivity index (χ0n) is 15.4. The van der Waals surface area contributed by atoms with Gasteiger partial charge in [-0.3, -0.25) is 4.79 Å². The quantitative estimate of drug-likeness (QED) is 0.682. The first-order valence-electron chi connectivity index (χ1n) is 8.47. The standard InChI is InChI=1S/C21H27NO2.ClH/c1-5-20(23)24-21(17(2)22(3)4,19-14-10-7-11-15-19)16-18-12-8-6-9-13-18;/h6-15,17H,5,16H2,1-4H3;1H. The second-order valence-electron chi connectivity index (χ2n) is 6.39. The molecule has 0 saturated heterocycles. The van der Waals surface area contributed by atoms with Crippen molar-refractivity contribution in [1.29, 1.82) is 0 Å². The second kappa shape index (κ2) is 9.59. The highest BCUT2D eigenvalue weighted by Crippen LogP contribution is 2.36. The summed E-state index contributed by atoms with van der Waals surface area (Å²) in [6, 6.07) is 20.3. The molecule has 2 unspecified atom stereocenters. The van der Waals surface area contributed by atoms with Crippen LogP contribution in [0.4, 0.5) is 0 Å². The Morgan fingerprint density at radius 2 is 1.56 bits per heavy atom. The molecule has 0 radical (unpaired) electrons. The van der Waals surface area contributed by atoms with E-state index in [0.29, 0.717) is 12.8 Å². The third-order valence-electron chi connectivity index (χ3n) is 4.61. The number of carbonyl (C=O) groups is 1. The van der Waals surface area contributed by atoms with Crippen LogP contribution < -0.4 is 0 Å². The highest BCUT2D eigenvalue weighted by Gasteiger charge is 2.43. The van der Waals surface area contributed by atoms with E-state index in [-0.39, 0.29) is 24.4 Å². The summed E-state index contributed by atoms with van der Waals surface area (Å²) in [6.45, 7) is 3.94. The fourth-order valence-corrected chi connectivity index (χ4v) is 2.98. The molecule has 2 atom stereocenters. The van der Waals surface area contributed by atoms with Gasteiger partial charge in [-0.15, -0.1) is 12.4 Å². The Balaban J connectivity index is 0.00000312. The van der Waals surface area contributed by atoms with Crippen molar-refractivity contribution in [2.24, 2.45) is 0 Å². The molecule has 4 heteroatoms. The molecule has 0 spiro atoms. The van der Waals surface area contributed by atoms with E-state index in [1.54, 1.807) is 0 Å². The summed E-state index contributed by atoms with van der Waals surface area (Å²) in [7, 11) is 4.04. The molecular formula is C21H28ClNO2. The summed E-state index contributed by atoms with van der Waals surface area (Å²) in [4.78, 5) is 14.4. The predicted molar refractivity (Wildman–Crippen MR) is 105 cm³/mol. The van der Waals surface area contributed by atoms with Crippen molar-refractivity contribution in [1.82, 2.24) is 4.90 Å². The molecule has 136 valence electrons. The number of rotatable bonds is 7. The van der Waals surface area contributed by atoms with Crippen LogP contribution in [0.15, 0.2) is 60.7 Å². The Bertz CT molecular complexity index is 645. The predicted octanol–water partition coefficient (Wildman–Crippen LogP) is 4.45. The number of benzene rings is 2. The van der Waals surface area contributed by atoms with E-state index in [0.717, 1.165) is 11.1 Å². The summed E-state index contributed by atoms with van der Waals surface area (Å²) in [5.74, 6) is -0.177. The van der Waals surface area contributed by atoms with Crippen molar-refractivity contribution in [2.75, 3.05) is 14.1 Å². The first-order valence-corrected chi connectivity index (χ1v) is 8.47. The third-order valence-corrected chi connectivity index (χ3v) is 4.61. The van der Waals surface area contributed by atoms with Gasteiger partial charge in [-0.1, -0.05) is 67.6 Å². The molecular weight excluding hydrogens is 334 g/mol. The van der Waals surface area contributed by atoms with E-state index < -0.39 is 5.60 Å². The lowest BCUT2D eigenvalue weighted by Gasteiger charge is -2.42. The minimum atomic E-state index is -0.723. The molecule has 0 aliphatic rings. The van der Waals surface area contributed by atoms with Gasteiger partial charge in [0.15, 0.2) is 5.60 Å². The summed E-state index contributed by atoms with van der Waals surface area (Å²) in [6.07, 6.45) is 1.01. The SMILES string of the molecule is CCC(=O)OC(Cc1ccccc1)(c1ccccc1)C(C)N(C)C.Cl. The molecule has 0 aromatic heterocycles. The van der Waals surface area contributed by atoms with E-state index in [2.05, 4.69) is 24.0 Å². The van der Waals surface area contributed by atoms with Crippen molar-refractivity contribution >= 4 is 18.4 Å². The normalized spacial score (nSPS) is 14.3. The van der Waals surface area contributed by atoms with Gasteiger partial charge < -0.3 is 9.64 Å². The number of ether oxygens (including phenoxy) is 1. The number of nitrogens with zero attached hydrogens (tertiary/aromatic N) is 1. The van der Waals surface area contributed by atoms with E-state index in [9.17, 15) is 4.79 Å². The van der Waals surface area contributed by atoms with Gasteiger partial charge in [0, 0.05) is 12.8 Å². The van der Waals surface area contributed by atoms with Crippen LogP contribution in [0.25, 0.3) is 0 Å². The Morgan fingerprint density at radius 3 is 2.04 bits per heavy atom. The zero-order valence-corrected chi connectivity index (χ0v) is 16.3. The molecule has 3 nitrogen and oxygen atoms in total. The Kier molecular flexibility index (Phi) is 8.14. The van der Waals surface area contributed by atoms with Gasteiger partial charge in [-0.25, -0.2) is 0 Å². The van der Waals surface area contributed by atoms with Gasteiger partial charge in [0.2, 0.25) is 0 Å². The summed E-state index contributed by atoms with van der Waals surface area (Å²) >= 11 is 0. The van der Waals surface area contributed by atoms with Gasteiger partial charge in [0.25, 0.3) is 0 Å². The maximum Gasteiger partial charge on any atom is 0.306 e. The van der Waals surface area contributed by atoms with E-state index >= 15 is 0 Å². The zero-order chi connectivity index (χ0) is 17.6. The topological polar surface area (TPSA) is 29.5 Å². The molecule has 2 rings (SSSR count). The number of likely N-dealkylation sites (N-methyl/N-ethyl adjacent to an activating group) is 1. The fraction of sp³-hybridized carbons (Fsp3) is 0.381. The van der Waals surface area contributed by atoms with Crippen molar-refractivity contribution in [3.8, 4) is 0 Å². The van der Waals surface area contributed by atoms with Crippen molar-refractivity contribution in [3.63, 3.8) is 0 Å². The third kappa shape index (κ3) is 5.07. The monoisotopic (exact) mass is 361 g/mol. The summed E-state index contributed by atoms with van der Waals surface area (Å²) in [5.41, 5.74) is 1.45. The van der Waals surface area contributed by atoms with Crippen LogP contribution in [0.1, 0.15) is 31.4 Å². The molecule has 0 aliphatic heterocycles. The Hall–Kier alpha value is -1.84. The lowest BCUT2D eigenvalue weighted by molar-refractivity contribution is -0.168. The number of hydrogen-bond acceptors (Lipinski definition) is 3. The Morgan fingerprint density at radius 1 is 1.04 bits per heavy atom. The minimum absolute atomic E-state index is 0. The average Bonchev–Trinajstić information content (AvgIpc) is 2.61. The van der Waals surface area contributed by atoms with Gasteiger partial charge in [0.05, 0.1) is 6.04 Å². The molecule has 0 bridgehead atoms. The maximum absolute atomic E-state index is 12.3. The lowest BCUT2D eigenvalue weighted by atomic mass is 9.80. The van der Waals surface area contributed by atoms with E-state index in [4.69, 9.17) is 4.74 Å². The van der Waals surface area contributed by atoms with Gasteiger partial charge >= 0.3 is 5.97 Å². The summed E-state index contributed by atoms with van der Waals surface area (Å²) < 4.78 is 6.12. The number of carbonyl (C=O) groups excluding carboxylic acids is 1. The highest BCUT2D eigenvalue weighted by molar-refractivity contribution is 5.85. The van der Waals surface area contributed by atoms with Gasteiger partial charge in [-0.05, 0) is 32.1 Å². The molecule has 0 aliphatic carbocycles. The first kappa shape index (κ1) is 21.2. The van der Waals surface area contributed by atoms with E-state index in [1.807, 2.05) is 69.6 Å². The molecule has 0 saturated carbocycles. The smallest absolute Gasteiger partial charge is 0.306 e. The maximum atomic E-state index is 12.3. The number of halogens is 1. The molecule has 0 amide bonds. The van der Waals surface area contributed by atoms with Gasteiger partial charge in [0.1, 0.15) is 0 Å². The number of esters is 1. The largest absolute Gasteiger partial charge is 0.452 e. The highest BCUT2D eigenvalue weighted by atomic mass is 35.5. The lowest BCUT2D eigenvalue weighted by Crippen LogP contribution is -2.50. The molecule has 0 N–H and O–H groups in total. The van der Waals surface area contributed by atoms with Crippen molar-refractivity contribution < 1.29 is 9.53 Å². The van der Waals surface area contributed by atoms with Crippen molar-refractivity contribution in [2.45, 2.75) is 38.3 Å². The second-order valence-corrected chi connectivity index (χ2v) is 6.39. The van der Waals surface area contributed by atoms with E-state index in [1.165, 1.54) is 0 Å². The van der Waals surface area contributed by atoms with Crippen LogP contribution in [0, 0.1) is 0 Å². The van der Waals surface area contributed by atoms with Crippen LogP contribution in [0.3, 0.4) is 0 Å². The number of hydrogen-bond donors (Lipinski definition) is 0. The summed E-state index contributed by atoms with van der Waals surface area (Å²) in [5, 5.41) is 0. The van der Waals surface area contributed by atoms with Crippen LogP contribution in [0.2, 0.25) is 0 Å². The van der Waals surface area contributed by atoms with Crippen LogP contribution in [-0.4, -0.2) is 31.0 Å². The van der Waals surface area contributed by atoms with Crippen molar-refractivity contribution in [3.05, 3.63) is 71.8 Å². The fourth-order valence-electron chi connectivity index (χ4n) is 2.98. The minimum Gasteiger partial charge on any atom is -0.452 e. The molecule has 2 aromatic rings. The molecule has 0 fully saturated rings. The van der Waals surface area contributed by atoms with Crippen LogP contribution in [0.5, 0.6) is 0 Å². The van der Waals surface area contributed by atoms with Crippen LogP contribution >= 0.6 is 12.4 Å². The Labute approximate surface area is 157 Å². The average molecular weight is 362 g/mol. The van der Waals surface area contributed by atoms with Crippen LogP contribution in [-0.2, 0) is 21.6 Å².